The van der Waals surface area contributed by atoms with Gasteiger partial charge in [0, 0.05) is 33.2 Å². The Balaban J connectivity index is 1.30. The van der Waals surface area contributed by atoms with Gasteiger partial charge >= 0.3 is 0 Å². The molecule has 1 N–H and O–H groups in total. The van der Waals surface area contributed by atoms with Crippen LogP contribution >= 0.6 is 0 Å². The number of benzene rings is 3. The minimum Gasteiger partial charge on any atom is -0.379 e. The maximum Gasteiger partial charge on any atom is 0.243 e. The molecule has 7 nitrogen and oxygen atoms in total. The van der Waals surface area contributed by atoms with Crippen molar-refractivity contribution in [2.45, 2.75) is 18.0 Å². The van der Waals surface area contributed by atoms with Crippen LogP contribution in [0.5, 0.6) is 0 Å². The van der Waals surface area contributed by atoms with Crippen molar-refractivity contribution in [3.63, 3.8) is 0 Å². The minimum atomic E-state index is -3.77. The third kappa shape index (κ3) is 5.97. The highest BCUT2D eigenvalue weighted by atomic mass is 32.2. The SMILES string of the molecule is CN(CC(=O)NCc1ccc(CN2CCOCC2)cc1)S(=O)(=O)c1ccc2ccccc2c1. The predicted molar refractivity (Wildman–Crippen MR) is 128 cm³/mol. The van der Waals surface area contributed by atoms with E-state index in [1.54, 1.807) is 18.2 Å². The zero-order valence-electron chi connectivity index (χ0n) is 18.7. The van der Waals surface area contributed by atoms with E-state index in [9.17, 15) is 13.2 Å². The number of sulfonamides is 1. The number of carbonyl (C=O) groups is 1. The minimum absolute atomic E-state index is 0.173. The number of hydrogen-bond acceptors (Lipinski definition) is 5. The van der Waals surface area contributed by atoms with Crippen LogP contribution in [0.3, 0.4) is 0 Å². The lowest BCUT2D eigenvalue weighted by Crippen LogP contribution is -2.38. The lowest BCUT2D eigenvalue weighted by Gasteiger charge is -2.26. The number of rotatable bonds is 8. The standard InChI is InChI=1S/C25H29N3O4S/c1-27(33(30,31)24-11-10-22-4-2-3-5-23(22)16-24)19-25(29)26-17-20-6-8-21(9-7-20)18-28-12-14-32-15-13-28/h2-11,16H,12-15,17-19H2,1H3,(H,26,29). The van der Waals surface area contributed by atoms with Gasteiger partial charge in [-0.25, -0.2) is 8.42 Å². The van der Waals surface area contributed by atoms with Gasteiger partial charge in [-0.15, -0.1) is 0 Å². The summed E-state index contributed by atoms with van der Waals surface area (Å²) >= 11 is 0. The third-order valence-corrected chi connectivity index (χ3v) is 7.62. The lowest BCUT2D eigenvalue weighted by atomic mass is 10.1. The number of amides is 1. The highest BCUT2D eigenvalue weighted by molar-refractivity contribution is 7.89. The van der Waals surface area contributed by atoms with Crippen LogP contribution in [-0.2, 0) is 32.6 Å². The van der Waals surface area contributed by atoms with E-state index in [0.29, 0.717) is 6.54 Å². The Morgan fingerprint density at radius 1 is 0.970 bits per heavy atom. The number of nitrogens with zero attached hydrogens (tertiary/aromatic N) is 2. The maximum atomic E-state index is 12.9. The van der Waals surface area contributed by atoms with Gasteiger partial charge in [0.15, 0.2) is 0 Å². The van der Waals surface area contributed by atoms with Crippen LogP contribution in [0.2, 0.25) is 0 Å². The summed E-state index contributed by atoms with van der Waals surface area (Å²) in [7, 11) is -2.35. The highest BCUT2D eigenvalue weighted by Crippen LogP contribution is 2.21. The molecule has 4 rings (SSSR count). The second-order valence-corrected chi connectivity index (χ2v) is 10.3. The van der Waals surface area contributed by atoms with Crippen molar-refractivity contribution >= 4 is 26.7 Å². The molecule has 3 aromatic carbocycles. The fourth-order valence-electron chi connectivity index (χ4n) is 3.83. The normalized spacial score (nSPS) is 15.1. The highest BCUT2D eigenvalue weighted by Gasteiger charge is 2.23. The second kappa shape index (κ2) is 10.4. The fraction of sp³-hybridized carbons (Fsp3) is 0.320. The number of nitrogens with one attached hydrogen (secondary N) is 1. The summed E-state index contributed by atoms with van der Waals surface area (Å²) in [5.74, 6) is -0.348. The van der Waals surface area contributed by atoms with E-state index in [-0.39, 0.29) is 17.3 Å². The van der Waals surface area contributed by atoms with Gasteiger partial charge in [-0.1, -0.05) is 54.6 Å². The Labute approximate surface area is 195 Å². The van der Waals surface area contributed by atoms with Crippen molar-refractivity contribution in [3.05, 3.63) is 77.9 Å². The first kappa shape index (κ1) is 23.4. The monoisotopic (exact) mass is 467 g/mol. The molecule has 3 aromatic rings. The molecule has 1 amide bonds. The fourth-order valence-corrected chi connectivity index (χ4v) is 4.99. The van der Waals surface area contributed by atoms with E-state index >= 15 is 0 Å². The molecule has 1 saturated heterocycles. The Hall–Kier alpha value is -2.78. The molecule has 1 aliphatic heterocycles. The molecule has 0 aromatic heterocycles. The molecule has 0 unspecified atom stereocenters. The Morgan fingerprint density at radius 2 is 1.64 bits per heavy atom. The van der Waals surface area contributed by atoms with E-state index in [0.717, 1.165) is 53.5 Å². The summed E-state index contributed by atoms with van der Waals surface area (Å²) < 4.78 is 32.3. The van der Waals surface area contributed by atoms with Gasteiger partial charge in [0.05, 0.1) is 24.7 Å². The van der Waals surface area contributed by atoms with Crippen LogP contribution < -0.4 is 5.32 Å². The molecule has 1 heterocycles. The van der Waals surface area contributed by atoms with Crippen LogP contribution in [0, 0.1) is 0 Å². The molecule has 0 bridgehead atoms. The number of morpholine rings is 1. The number of fused-ring (bicyclic) bond motifs is 1. The molecule has 8 heteroatoms. The van der Waals surface area contributed by atoms with E-state index in [2.05, 4.69) is 22.3 Å². The van der Waals surface area contributed by atoms with E-state index < -0.39 is 10.0 Å². The zero-order valence-corrected chi connectivity index (χ0v) is 19.6. The van der Waals surface area contributed by atoms with Crippen molar-refractivity contribution < 1.29 is 17.9 Å². The summed E-state index contributed by atoms with van der Waals surface area (Å²) in [6.07, 6.45) is 0. The van der Waals surface area contributed by atoms with Gasteiger partial charge in [-0.3, -0.25) is 9.69 Å². The summed E-state index contributed by atoms with van der Waals surface area (Å²) in [6, 6.07) is 20.7. The van der Waals surface area contributed by atoms with Gasteiger partial charge in [0.2, 0.25) is 15.9 Å². The third-order valence-electron chi connectivity index (χ3n) is 5.82. The predicted octanol–water partition coefficient (Wildman–Crippen LogP) is 2.61. The first-order chi connectivity index (χ1) is 15.9. The van der Waals surface area contributed by atoms with Crippen molar-refractivity contribution in [2.75, 3.05) is 39.9 Å². The molecule has 0 saturated carbocycles. The molecule has 0 aliphatic carbocycles. The molecular formula is C25H29N3O4S. The van der Waals surface area contributed by atoms with E-state index in [1.165, 1.54) is 12.6 Å². The molecule has 33 heavy (non-hydrogen) atoms. The summed E-state index contributed by atoms with van der Waals surface area (Å²) in [4.78, 5) is 14.9. The smallest absolute Gasteiger partial charge is 0.243 e. The molecule has 1 aliphatic rings. The summed E-state index contributed by atoms with van der Waals surface area (Å²) in [5, 5.41) is 4.62. The van der Waals surface area contributed by atoms with Crippen LogP contribution in [0.4, 0.5) is 0 Å². The van der Waals surface area contributed by atoms with Crippen LogP contribution in [-0.4, -0.2) is 63.4 Å². The van der Waals surface area contributed by atoms with Gasteiger partial charge in [0.25, 0.3) is 0 Å². The molecule has 0 atom stereocenters. The number of ether oxygens (including phenoxy) is 1. The van der Waals surface area contributed by atoms with Gasteiger partial charge < -0.3 is 10.1 Å². The molecule has 1 fully saturated rings. The van der Waals surface area contributed by atoms with Crippen LogP contribution in [0.1, 0.15) is 11.1 Å². The quantitative estimate of drug-likeness (QED) is 0.551. The van der Waals surface area contributed by atoms with E-state index in [4.69, 9.17) is 4.74 Å². The summed E-state index contributed by atoms with van der Waals surface area (Å²) in [6.45, 7) is 4.41. The van der Waals surface area contributed by atoms with Crippen molar-refractivity contribution in [2.24, 2.45) is 0 Å². The lowest BCUT2D eigenvalue weighted by molar-refractivity contribution is -0.121. The number of carbonyl (C=O) groups excluding carboxylic acids is 1. The van der Waals surface area contributed by atoms with Gasteiger partial charge in [0.1, 0.15) is 0 Å². The van der Waals surface area contributed by atoms with Crippen LogP contribution in [0.15, 0.2) is 71.6 Å². The maximum absolute atomic E-state index is 12.9. The Morgan fingerprint density at radius 3 is 2.36 bits per heavy atom. The van der Waals surface area contributed by atoms with Crippen LogP contribution in [0.25, 0.3) is 10.8 Å². The average Bonchev–Trinajstić information content (AvgIpc) is 2.84. The zero-order chi connectivity index (χ0) is 23.3. The Kier molecular flexibility index (Phi) is 7.39. The first-order valence-electron chi connectivity index (χ1n) is 11.0. The molecule has 0 spiro atoms. The molecular weight excluding hydrogens is 438 g/mol. The largest absolute Gasteiger partial charge is 0.379 e. The Bertz CT molecular complexity index is 1210. The van der Waals surface area contributed by atoms with E-state index in [1.807, 2.05) is 36.4 Å². The van der Waals surface area contributed by atoms with Crippen molar-refractivity contribution in [3.8, 4) is 0 Å². The number of hydrogen-bond donors (Lipinski definition) is 1. The first-order valence-corrected chi connectivity index (χ1v) is 12.5. The second-order valence-electron chi connectivity index (χ2n) is 8.25. The summed E-state index contributed by atoms with van der Waals surface area (Å²) in [5.41, 5.74) is 2.18. The van der Waals surface area contributed by atoms with Crippen molar-refractivity contribution in [1.82, 2.24) is 14.5 Å². The van der Waals surface area contributed by atoms with Gasteiger partial charge in [-0.2, -0.15) is 4.31 Å². The topological polar surface area (TPSA) is 79.0 Å². The average molecular weight is 468 g/mol. The van der Waals surface area contributed by atoms with Gasteiger partial charge in [-0.05, 0) is 34.0 Å². The number of likely N-dealkylation sites (N-methyl/N-ethyl adjacent to an activating group) is 1. The molecule has 0 radical (unpaired) electrons. The molecule has 174 valence electrons. The van der Waals surface area contributed by atoms with Crippen molar-refractivity contribution in [1.29, 1.82) is 0 Å².